The van der Waals surface area contributed by atoms with E-state index in [0.717, 1.165) is 18.7 Å². The largest absolute Gasteiger partial charge is 0.378 e. The molecule has 2 N–H and O–H groups in total. The van der Waals surface area contributed by atoms with Crippen LogP contribution in [0, 0.1) is 5.92 Å². The van der Waals surface area contributed by atoms with Crippen LogP contribution in [-0.2, 0) is 4.74 Å². The maximum absolute atomic E-state index is 6.07. The summed E-state index contributed by atoms with van der Waals surface area (Å²) >= 11 is 1.60. The lowest BCUT2D eigenvalue weighted by Crippen LogP contribution is -2.22. The molecule has 0 spiro atoms. The Hall–Kier alpha value is -0.450. The summed E-state index contributed by atoms with van der Waals surface area (Å²) in [6.45, 7) is 2.87. The predicted molar refractivity (Wildman–Crippen MR) is 52.6 cm³/mol. The first-order chi connectivity index (χ1) is 6.27. The van der Waals surface area contributed by atoms with Crippen LogP contribution < -0.4 is 5.73 Å². The molecule has 0 radical (unpaired) electrons. The van der Waals surface area contributed by atoms with E-state index in [9.17, 15) is 0 Å². The van der Waals surface area contributed by atoms with Gasteiger partial charge >= 0.3 is 0 Å². The van der Waals surface area contributed by atoms with Gasteiger partial charge in [-0.3, -0.25) is 0 Å². The van der Waals surface area contributed by atoms with Crippen LogP contribution in [0.15, 0.2) is 10.9 Å². The third-order valence-electron chi connectivity index (χ3n) is 2.53. The Bertz CT molecular complexity index is 263. The highest BCUT2D eigenvalue weighted by Gasteiger charge is 2.28. The molecule has 1 fully saturated rings. The van der Waals surface area contributed by atoms with Gasteiger partial charge in [-0.05, 0) is 13.3 Å². The number of ether oxygens (including phenoxy) is 1. The van der Waals surface area contributed by atoms with Crippen molar-refractivity contribution in [2.75, 3.05) is 6.61 Å². The summed E-state index contributed by atoms with van der Waals surface area (Å²) in [6.07, 6.45) is 1.41. The van der Waals surface area contributed by atoms with Gasteiger partial charge in [0.1, 0.15) is 0 Å². The SMILES string of the molecule is CC1CC(C(N)c2cscn2)CO1. The lowest BCUT2D eigenvalue weighted by atomic mass is 9.96. The fraction of sp³-hybridized carbons (Fsp3) is 0.667. The van der Waals surface area contributed by atoms with Crippen molar-refractivity contribution in [3.8, 4) is 0 Å². The second-order valence-electron chi connectivity index (χ2n) is 3.58. The molecule has 0 saturated carbocycles. The van der Waals surface area contributed by atoms with Gasteiger partial charge in [-0.25, -0.2) is 4.98 Å². The summed E-state index contributed by atoms with van der Waals surface area (Å²) in [4.78, 5) is 4.22. The van der Waals surface area contributed by atoms with Crippen LogP contribution >= 0.6 is 11.3 Å². The number of nitrogens with zero attached hydrogens (tertiary/aromatic N) is 1. The number of thiazole rings is 1. The molecule has 1 aromatic heterocycles. The van der Waals surface area contributed by atoms with Gasteiger partial charge in [-0.15, -0.1) is 11.3 Å². The van der Waals surface area contributed by atoms with Gasteiger partial charge in [-0.1, -0.05) is 0 Å². The molecular weight excluding hydrogens is 184 g/mol. The lowest BCUT2D eigenvalue weighted by molar-refractivity contribution is 0.118. The van der Waals surface area contributed by atoms with E-state index in [0.29, 0.717) is 12.0 Å². The molecular formula is C9H14N2OS. The predicted octanol–water partition coefficient (Wildman–Crippen LogP) is 1.57. The third-order valence-corrected chi connectivity index (χ3v) is 3.14. The van der Waals surface area contributed by atoms with Crippen LogP contribution in [0.4, 0.5) is 0 Å². The molecule has 3 nitrogen and oxygen atoms in total. The Morgan fingerprint density at radius 2 is 2.62 bits per heavy atom. The molecule has 1 aromatic rings. The van der Waals surface area contributed by atoms with E-state index in [4.69, 9.17) is 10.5 Å². The normalized spacial score (nSPS) is 30.6. The smallest absolute Gasteiger partial charge is 0.0795 e. The van der Waals surface area contributed by atoms with Crippen LogP contribution in [0.3, 0.4) is 0 Å². The van der Waals surface area contributed by atoms with Crippen molar-refractivity contribution in [3.05, 3.63) is 16.6 Å². The Labute approximate surface area is 81.9 Å². The topological polar surface area (TPSA) is 48.1 Å². The molecule has 1 aliphatic heterocycles. The van der Waals surface area contributed by atoms with Crippen LogP contribution in [-0.4, -0.2) is 17.7 Å². The molecule has 4 heteroatoms. The van der Waals surface area contributed by atoms with E-state index < -0.39 is 0 Å². The summed E-state index contributed by atoms with van der Waals surface area (Å²) < 4.78 is 5.48. The van der Waals surface area contributed by atoms with Crippen molar-refractivity contribution in [3.63, 3.8) is 0 Å². The van der Waals surface area contributed by atoms with Gasteiger partial charge in [-0.2, -0.15) is 0 Å². The highest BCUT2D eigenvalue weighted by molar-refractivity contribution is 7.07. The Balaban J connectivity index is 2.02. The maximum atomic E-state index is 6.07. The average molecular weight is 198 g/mol. The highest BCUT2D eigenvalue weighted by Crippen LogP contribution is 2.29. The Morgan fingerprint density at radius 3 is 3.15 bits per heavy atom. The average Bonchev–Trinajstić information content (AvgIpc) is 2.72. The molecule has 72 valence electrons. The molecule has 0 aliphatic carbocycles. The van der Waals surface area contributed by atoms with Crippen LogP contribution in [0.1, 0.15) is 25.1 Å². The lowest BCUT2D eigenvalue weighted by Gasteiger charge is -2.14. The van der Waals surface area contributed by atoms with Gasteiger partial charge in [0, 0.05) is 11.3 Å². The van der Waals surface area contributed by atoms with E-state index in [2.05, 4.69) is 11.9 Å². The van der Waals surface area contributed by atoms with E-state index in [-0.39, 0.29) is 6.04 Å². The molecule has 0 bridgehead atoms. The minimum Gasteiger partial charge on any atom is -0.378 e. The van der Waals surface area contributed by atoms with Crippen molar-refractivity contribution in [2.24, 2.45) is 11.7 Å². The number of nitrogens with two attached hydrogens (primary N) is 1. The second kappa shape index (κ2) is 3.74. The molecule has 0 amide bonds. The molecule has 1 saturated heterocycles. The first-order valence-corrected chi connectivity index (χ1v) is 5.47. The van der Waals surface area contributed by atoms with Crippen LogP contribution in [0.2, 0.25) is 0 Å². The fourth-order valence-electron chi connectivity index (χ4n) is 1.73. The molecule has 2 rings (SSSR count). The highest BCUT2D eigenvalue weighted by atomic mass is 32.1. The second-order valence-corrected chi connectivity index (χ2v) is 4.30. The summed E-state index contributed by atoms with van der Waals surface area (Å²) in [5.41, 5.74) is 8.91. The summed E-state index contributed by atoms with van der Waals surface area (Å²) in [7, 11) is 0. The maximum Gasteiger partial charge on any atom is 0.0795 e. The van der Waals surface area contributed by atoms with Gasteiger partial charge in [0.2, 0.25) is 0 Å². The third kappa shape index (κ3) is 1.90. The van der Waals surface area contributed by atoms with E-state index >= 15 is 0 Å². The van der Waals surface area contributed by atoms with Crippen LogP contribution in [0.5, 0.6) is 0 Å². The number of rotatable bonds is 2. The van der Waals surface area contributed by atoms with Crippen LogP contribution in [0.25, 0.3) is 0 Å². The molecule has 2 heterocycles. The summed E-state index contributed by atoms with van der Waals surface area (Å²) in [5, 5.41) is 2.02. The molecule has 3 atom stereocenters. The van der Waals surface area contributed by atoms with E-state index in [1.165, 1.54) is 0 Å². The summed E-state index contributed by atoms with van der Waals surface area (Å²) in [5.74, 6) is 0.442. The van der Waals surface area contributed by atoms with Gasteiger partial charge in [0.05, 0.1) is 30.0 Å². The van der Waals surface area contributed by atoms with Crippen molar-refractivity contribution >= 4 is 11.3 Å². The van der Waals surface area contributed by atoms with Gasteiger partial charge < -0.3 is 10.5 Å². The molecule has 3 unspecified atom stereocenters. The van der Waals surface area contributed by atoms with Crippen molar-refractivity contribution < 1.29 is 4.74 Å². The number of hydrogen-bond acceptors (Lipinski definition) is 4. The number of hydrogen-bond donors (Lipinski definition) is 1. The first-order valence-electron chi connectivity index (χ1n) is 4.52. The van der Waals surface area contributed by atoms with Gasteiger partial charge in [0.25, 0.3) is 0 Å². The van der Waals surface area contributed by atoms with Crippen molar-refractivity contribution in [2.45, 2.75) is 25.5 Å². The van der Waals surface area contributed by atoms with E-state index in [1.807, 2.05) is 10.9 Å². The fourth-order valence-corrected chi connectivity index (χ4v) is 2.33. The zero-order chi connectivity index (χ0) is 9.26. The quantitative estimate of drug-likeness (QED) is 0.784. The molecule has 1 aliphatic rings. The molecule has 0 aromatic carbocycles. The Kier molecular flexibility index (Phi) is 2.62. The van der Waals surface area contributed by atoms with E-state index in [1.54, 1.807) is 11.3 Å². The van der Waals surface area contributed by atoms with Gasteiger partial charge in [0.15, 0.2) is 0 Å². The molecule has 13 heavy (non-hydrogen) atoms. The minimum absolute atomic E-state index is 0.0520. The zero-order valence-corrected chi connectivity index (χ0v) is 8.46. The minimum atomic E-state index is 0.0520. The standard InChI is InChI=1S/C9H14N2OS/c1-6-2-7(3-12-6)9(10)8-4-13-5-11-8/h4-7,9H,2-3,10H2,1H3. The monoisotopic (exact) mass is 198 g/mol. The van der Waals surface area contributed by atoms with Crippen molar-refractivity contribution in [1.29, 1.82) is 0 Å². The first kappa shape index (κ1) is 9.12. The summed E-state index contributed by atoms with van der Waals surface area (Å²) in [6, 6.07) is 0.0520. The Morgan fingerprint density at radius 1 is 1.77 bits per heavy atom. The zero-order valence-electron chi connectivity index (χ0n) is 7.64. The number of aromatic nitrogens is 1. The van der Waals surface area contributed by atoms with Crippen molar-refractivity contribution in [1.82, 2.24) is 4.98 Å².